The summed E-state index contributed by atoms with van der Waals surface area (Å²) >= 11 is 1.57. The van der Waals surface area contributed by atoms with Crippen molar-refractivity contribution in [2.75, 3.05) is 44.3 Å². The van der Waals surface area contributed by atoms with Crippen LogP contribution in [0.15, 0.2) is 23.7 Å². The van der Waals surface area contributed by atoms with E-state index in [-0.39, 0.29) is 23.9 Å². The van der Waals surface area contributed by atoms with Crippen molar-refractivity contribution in [1.29, 1.82) is 0 Å². The number of halogens is 1. The lowest BCUT2D eigenvalue weighted by Gasteiger charge is -2.47. The Bertz CT molecular complexity index is 922. The van der Waals surface area contributed by atoms with E-state index >= 15 is 0 Å². The number of hydrogen-bond donors (Lipinski definition) is 1. The third kappa shape index (κ3) is 4.62. The van der Waals surface area contributed by atoms with Gasteiger partial charge in [-0.15, -0.1) is 10.2 Å². The largest absolute Gasteiger partial charge is 0.490 e. The summed E-state index contributed by atoms with van der Waals surface area (Å²) in [6.45, 7) is 8.09. The predicted octanol–water partition coefficient (Wildman–Crippen LogP) is 3.05. The normalized spacial score (nSPS) is 24.1. The molecule has 3 fully saturated rings. The number of anilines is 1. The molecule has 0 bridgehead atoms. The van der Waals surface area contributed by atoms with Crippen LogP contribution >= 0.6 is 11.3 Å². The molecule has 5 rings (SSSR count). The Morgan fingerprint density at radius 1 is 1.31 bits per heavy atom. The highest BCUT2D eigenvalue weighted by atomic mass is 32.1. The van der Waals surface area contributed by atoms with Gasteiger partial charge in [0.05, 0.1) is 25.3 Å². The molecule has 9 heteroatoms. The fourth-order valence-electron chi connectivity index (χ4n) is 5.16. The maximum absolute atomic E-state index is 14.0. The zero-order chi connectivity index (χ0) is 22.3. The maximum atomic E-state index is 14.0. The van der Waals surface area contributed by atoms with Gasteiger partial charge in [0.1, 0.15) is 29.3 Å². The minimum Gasteiger partial charge on any atom is -0.490 e. The highest BCUT2D eigenvalue weighted by Gasteiger charge is 2.51. The van der Waals surface area contributed by atoms with Crippen LogP contribution in [0.5, 0.6) is 5.75 Å². The van der Waals surface area contributed by atoms with Gasteiger partial charge in [0.2, 0.25) is 5.13 Å². The molecule has 7 nitrogen and oxygen atoms in total. The van der Waals surface area contributed by atoms with Crippen molar-refractivity contribution in [2.24, 2.45) is 0 Å². The molecule has 0 aliphatic carbocycles. The van der Waals surface area contributed by atoms with E-state index in [0.29, 0.717) is 11.8 Å². The van der Waals surface area contributed by atoms with Crippen molar-refractivity contribution in [2.45, 2.75) is 56.3 Å². The van der Waals surface area contributed by atoms with E-state index in [1.54, 1.807) is 42.8 Å². The highest BCUT2D eigenvalue weighted by Crippen LogP contribution is 2.41. The molecule has 3 aliphatic heterocycles. The zero-order valence-electron chi connectivity index (χ0n) is 18.7. The molecule has 3 saturated heterocycles. The number of aliphatic hydroxyl groups is 1. The molecule has 4 heterocycles. The number of nitrogens with zero attached hydrogens (tertiary/aromatic N) is 4. The topological polar surface area (TPSA) is 71.0 Å². The molecule has 174 valence electrons. The second-order valence-corrected chi connectivity index (χ2v) is 10.8. The third-order valence-corrected chi connectivity index (χ3v) is 7.56. The number of ether oxygens (including phenoxy) is 2. The Hall–Kier alpha value is -1.81. The van der Waals surface area contributed by atoms with E-state index in [1.807, 2.05) is 0 Å². The van der Waals surface area contributed by atoms with Crippen molar-refractivity contribution < 1.29 is 19.0 Å². The van der Waals surface area contributed by atoms with Gasteiger partial charge < -0.3 is 19.5 Å². The first kappa shape index (κ1) is 22.0. The SMILES string of the molecule is CC(C)(O)COc1ccc(F)cc1C1CCN(C2COC3(C2)CN(c2nncs2)C3)CC1. The fourth-order valence-corrected chi connectivity index (χ4v) is 5.73. The van der Waals surface area contributed by atoms with Crippen LogP contribution in [0.2, 0.25) is 0 Å². The highest BCUT2D eigenvalue weighted by molar-refractivity contribution is 7.13. The summed E-state index contributed by atoms with van der Waals surface area (Å²) < 4.78 is 26.1. The van der Waals surface area contributed by atoms with Gasteiger partial charge >= 0.3 is 0 Å². The van der Waals surface area contributed by atoms with E-state index in [1.165, 1.54) is 6.07 Å². The first-order valence-electron chi connectivity index (χ1n) is 11.3. The van der Waals surface area contributed by atoms with Gasteiger partial charge in [-0.05, 0) is 70.3 Å². The standard InChI is InChI=1S/C23H31FN4O3S/c1-22(2,29)14-30-20-4-3-17(24)9-19(20)16-5-7-27(8-6-16)18-10-23(31-11-18)12-28(13-23)21-26-25-15-32-21/h3-4,9,15-16,18,29H,5-8,10-14H2,1-2H3. The summed E-state index contributed by atoms with van der Waals surface area (Å²) in [7, 11) is 0. The Morgan fingerprint density at radius 3 is 2.78 bits per heavy atom. The molecule has 0 radical (unpaired) electrons. The quantitative estimate of drug-likeness (QED) is 0.708. The molecule has 1 aromatic heterocycles. The lowest BCUT2D eigenvalue weighted by molar-refractivity contribution is -0.0195. The van der Waals surface area contributed by atoms with E-state index < -0.39 is 5.60 Å². The maximum Gasteiger partial charge on any atom is 0.208 e. The van der Waals surface area contributed by atoms with Crippen molar-refractivity contribution in [1.82, 2.24) is 15.1 Å². The lowest BCUT2D eigenvalue weighted by atomic mass is 9.86. The number of rotatable bonds is 6. The summed E-state index contributed by atoms with van der Waals surface area (Å²) in [4.78, 5) is 4.78. The zero-order valence-corrected chi connectivity index (χ0v) is 19.5. The number of piperidine rings is 1. The molecule has 0 saturated carbocycles. The molecule has 0 amide bonds. The summed E-state index contributed by atoms with van der Waals surface area (Å²) in [5.41, 5.74) is 1.71. The van der Waals surface area contributed by atoms with E-state index in [4.69, 9.17) is 9.47 Å². The molecule has 1 aromatic carbocycles. The van der Waals surface area contributed by atoms with Crippen LogP contribution in [0.25, 0.3) is 0 Å². The van der Waals surface area contributed by atoms with Gasteiger partial charge in [-0.1, -0.05) is 11.3 Å². The molecule has 1 N–H and O–H groups in total. The van der Waals surface area contributed by atoms with Gasteiger partial charge in [0, 0.05) is 11.6 Å². The van der Waals surface area contributed by atoms with Crippen LogP contribution in [0.4, 0.5) is 9.52 Å². The summed E-state index contributed by atoms with van der Waals surface area (Å²) in [5, 5.41) is 19.1. The molecular weight excluding hydrogens is 431 g/mol. The number of aromatic nitrogens is 2. The monoisotopic (exact) mass is 462 g/mol. The van der Waals surface area contributed by atoms with Crippen molar-refractivity contribution >= 4 is 16.5 Å². The number of hydrogen-bond acceptors (Lipinski definition) is 8. The van der Waals surface area contributed by atoms with E-state index in [9.17, 15) is 9.50 Å². The molecule has 1 atom stereocenters. The van der Waals surface area contributed by atoms with Crippen molar-refractivity contribution in [3.05, 3.63) is 35.1 Å². The smallest absolute Gasteiger partial charge is 0.208 e. The Balaban J connectivity index is 1.16. The second kappa shape index (κ2) is 8.52. The molecule has 32 heavy (non-hydrogen) atoms. The molecule has 1 spiro atoms. The van der Waals surface area contributed by atoms with Crippen LogP contribution < -0.4 is 9.64 Å². The minimum atomic E-state index is -0.930. The summed E-state index contributed by atoms with van der Waals surface area (Å²) in [5.74, 6) is 0.696. The van der Waals surface area contributed by atoms with Crippen LogP contribution in [0.1, 0.15) is 44.6 Å². The Morgan fingerprint density at radius 2 is 2.09 bits per heavy atom. The Labute approximate surface area is 192 Å². The molecule has 1 unspecified atom stereocenters. The Kier molecular flexibility index (Phi) is 5.86. The number of likely N-dealkylation sites (tertiary alicyclic amines) is 1. The van der Waals surface area contributed by atoms with Crippen LogP contribution in [0, 0.1) is 5.82 Å². The summed E-state index contributed by atoms with van der Waals surface area (Å²) in [6.07, 6.45) is 2.97. The average Bonchev–Trinajstić information content (AvgIpc) is 3.41. The van der Waals surface area contributed by atoms with Gasteiger partial charge in [-0.25, -0.2) is 4.39 Å². The fraction of sp³-hybridized carbons (Fsp3) is 0.652. The van der Waals surface area contributed by atoms with Crippen LogP contribution in [-0.4, -0.2) is 76.8 Å². The average molecular weight is 463 g/mol. The first-order chi connectivity index (χ1) is 15.3. The molecule has 2 aromatic rings. The van der Waals surface area contributed by atoms with Gasteiger partial charge in [-0.2, -0.15) is 0 Å². The predicted molar refractivity (Wildman–Crippen MR) is 121 cm³/mol. The van der Waals surface area contributed by atoms with Crippen molar-refractivity contribution in [3.63, 3.8) is 0 Å². The van der Waals surface area contributed by atoms with Gasteiger partial charge in [0.15, 0.2) is 0 Å². The summed E-state index contributed by atoms with van der Waals surface area (Å²) in [6, 6.07) is 5.16. The van der Waals surface area contributed by atoms with Gasteiger partial charge in [-0.3, -0.25) is 4.90 Å². The minimum absolute atomic E-state index is 0.0478. The van der Waals surface area contributed by atoms with Crippen molar-refractivity contribution in [3.8, 4) is 5.75 Å². The lowest BCUT2D eigenvalue weighted by Crippen LogP contribution is -2.62. The van der Waals surface area contributed by atoms with Crippen LogP contribution in [0.3, 0.4) is 0 Å². The van der Waals surface area contributed by atoms with E-state index in [0.717, 1.165) is 62.7 Å². The van der Waals surface area contributed by atoms with Crippen LogP contribution in [-0.2, 0) is 4.74 Å². The van der Waals surface area contributed by atoms with E-state index in [2.05, 4.69) is 20.0 Å². The molecule has 3 aliphatic rings. The molecular formula is C23H31FN4O3S. The first-order valence-corrected chi connectivity index (χ1v) is 12.2. The number of benzene rings is 1. The van der Waals surface area contributed by atoms with Gasteiger partial charge in [0.25, 0.3) is 0 Å². The second-order valence-electron chi connectivity index (χ2n) is 10.0. The third-order valence-electron chi connectivity index (χ3n) is 6.81.